The van der Waals surface area contributed by atoms with E-state index in [9.17, 15) is 14.4 Å². The number of carbonyl (C=O) groups excluding carboxylic acids is 3. The molecule has 1 unspecified atom stereocenters. The first-order chi connectivity index (χ1) is 15.3. The van der Waals surface area contributed by atoms with Gasteiger partial charge in [-0.25, -0.2) is 14.4 Å². The number of esters is 2. The van der Waals surface area contributed by atoms with Gasteiger partial charge in [-0.1, -0.05) is 47.8 Å². The first-order valence-electron chi connectivity index (χ1n) is 10.2. The van der Waals surface area contributed by atoms with E-state index in [0.29, 0.717) is 12.0 Å². The zero-order chi connectivity index (χ0) is 25.0. The van der Waals surface area contributed by atoms with Gasteiger partial charge in [-0.05, 0) is 51.8 Å². The number of fused-ring (bicyclic) bond motifs is 1. The van der Waals surface area contributed by atoms with Crippen molar-refractivity contribution in [2.24, 2.45) is 0 Å². The van der Waals surface area contributed by atoms with Gasteiger partial charge in [-0.2, -0.15) is 0 Å². The van der Waals surface area contributed by atoms with E-state index in [1.807, 2.05) is 6.92 Å². The number of alkyl halides is 3. The van der Waals surface area contributed by atoms with Crippen molar-refractivity contribution in [1.29, 1.82) is 0 Å². The highest BCUT2D eigenvalue weighted by molar-refractivity contribution is 6.67. The van der Waals surface area contributed by atoms with Gasteiger partial charge in [0.1, 0.15) is 6.61 Å². The van der Waals surface area contributed by atoms with E-state index in [1.165, 1.54) is 12.1 Å². The second-order valence-electron chi connectivity index (χ2n) is 7.73. The number of benzene rings is 1. The lowest BCUT2D eigenvalue weighted by Crippen LogP contribution is -2.56. The molecular weight excluding hydrogens is 501 g/mol. The summed E-state index contributed by atoms with van der Waals surface area (Å²) in [6.45, 7) is 7.89. The molecule has 184 valence electrons. The van der Waals surface area contributed by atoms with Gasteiger partial charge in [0.15, 0.2) is 11.5 Å². The van der Waals surface area contributed by atoms with Crippen LogP contribution in [0, 0.1) is 0 Å². The zero-order valence-electron chi connectivity index (χ0n) is 18.8. The molecule has 0 aliphatic carbocycles. The molecule has 0 bridgehead atoms. The van der Waals surface area contributed by atoms with E-state index in [0.717, 1.165) is 0 Å². The van der Waals surface area contributed by atoms with Crippen molar-refractivity contribution in [1.82, 2.24) is 5.32 Å². The molecule has 2 rings (SSSR count). The van der Waals surface area contributed by atoms with Crippen LogP contribution in [0.1, 0.15) is 52.6 Å². The fraction of sp³-hybridized carbons (Fsp3) is 0.571. The molecule has 1 aliphatic rings. The molecule has 12 heteroatoms. The molecule has 1 aromatic carbocycles. The Bertz CT molecular complexity index is 863. The number of halogens is 3. The maximum absolute atomic E-state index is 12.8. The molecule has 1 amide bonds. The number of nitrogens with one attached hydrogen (secondary N) is 1. The van der Waals surface area contributed by atoms with Crippen LogP contribution in [0.2, 0.25) is 0 Å². The number of carbonyl (C=O) groups is 3. The van der Waals surface area contributed by atoms with Crippen LogP contribution in [0.25, 0.3) is 0 Å². The molecule has 0 saturated carbocycles. The van der Waals surface area contributed by atoms with Crippen molar-refractivity contribution in [3.8, 4) is 11.5 Å². The third kappa shape index (κ3) is 7.19. The van der Waals surface area contributed by atoms with Crippen molar-refractivity contribution < 1.29 is 38.1 Å². The predicted octanol–water partition coefficient (Wildman–Crippen LogP) is 4.60. The maximum Gasteiger partial charge on any atom is 0.453 e. The summed E-state index contributed by atoms with van der Waals surface area (Å²) < 4.78 is 24.8. The Hall–Kier alpha value is -2.10. The number of hydrogen-bond donors (Lipinski definition) is 1. The Balaban J connectivity index is 2.26. The lowest BCUT2D eigenvalue weighted by molar-refractivity contribution is -0.207. The lowest BCUT2D eigenvalue weighted by atomic mass is 10.0. The van der Waals surface area contributed by atoms with Gasteiger partial charge < -0.3 is 29.0 Å². The second-order valence-corrected chi connectivity index (χ2v) is 10.2. The van der Waals surface area contributed by atoms with Crippen LogP contribution in [0.3, 0.4) is 0 Å². The summed E-state index contributed by atoms with van der Waals surface area (Å²) in [7, 11) is 0. The minimum absolute atomic E-state index is 0.101. The first kappa shape index (κ1) is 27.1. The Morgan fingerprint density at radius 3 is 2.03 bits per heavy atom. The molecule has 1 aliphatic heterocycles. The Labute approximate surface area is 206 Å². The van der Waals surface area contributed by atoms with Crippen LogP contribution in [-0.2, 0) is 23.8 Å². The fourth-order valence-corrected chi connectivity index (χ4v) is 2.99. The molecular formula is C21H26Cl3NO8. The number of alkyl carbamates (subject to hydrolysis) is 1. The third-order valence-electron chi connectivity index (χ3n) is 4.17. The van der Waals surface area contributed by atoms with Gasteiger partial charge in [0.05, 0.1) is 18.2 Å². The molecule has 9 nitrogen and oxygen atoms in total. The average Bonchev–Trinajstić information content (AvgIpc) is 3.09. The summed E-state index contributed by atoms with van der Waals surface area (Å²) in [6, 6.07) is 4.17. The predicted molar refractivity (Wildman–Crippen MR) is 121 cm³/mol. The minimum Gasteiger partial charge on any atom is -0.457 e. The summed E-state index contributed by atoms with van der Waals surface area (Å²) >= 11 is 16.8. The number of ether oxygens (including phenoxy) is 5. The van der Waals surface area contributed by atoms with E-state index < -0.39 is 52.5 Å². The molecule has 1 atom stereocenters. The summed E-state index contributed by atoms with van der Waals surface area (Å²) in [5, 5.41) is 2.65. The average molecular weight is 527 g/mol. The maximum atomic E-state index is 12.8. The summed E-state index contributed by atoms with van der Waals surface area (Å²) in [4.78, 5) is 37.6. The molecule has 1 heterocycles. The van der Waals surface area contributed by atoms with Crippen LogP contribution >= 0.6 is 34.8 Å². The smallest absolute Gasteiger partial charge is 0.453 e. The van der Waals surface area contributed by atoms with Crippen molar-refractivity contribution in [3.05, 3.63) is 23.8 Å². The van der Waals surface area contributed by atoms with Crippen molar-refractivity contribution in [3.63, 3.8) is 0 Å². The molecule has 0 radical (unpaired) electrons. The van der Waals surface area contributed by atoms with Crippen LogP contribution in [0.4, 0.5) is 4.79 Å². The first-order valence-corrected chi connectivity index (χ1v) is 11.3. The molecule has 33 heavy (non-hydrogen) atoms. The highest BCUT2D eigenvalue weighted by atomic mass is 35.6. The quantitative estimate of drug-likeness (QED) is 0.226. The Morgan fingerprint density at radius 1 is 1.00 bits per heavy atom. The largest absolute Gasteiger partial charge is 0.457 e. The summed E-state index contributed by atoms with van der Waals surface area (Å²) in [6.07, 6.45) is -1.38. The van der Waals surface area contributed by atoms with E-state index in [4.69, 9.17) is 58.5 Å². The number of hydrogen-bond acceptors (Lipinski definition) is 8. The molecule has 0 saturated heterocycles. The molecule has 0 spiro atoms. The van der Waals surface area contributed by atoms with Gasteiger partial charge in [-0.15, -0.1) is 0 Å². The highest BCUT2D eigenvalue weighted by Crippen LogP contribution is 2.42. The second kappa shape index (κ2) is 10.9. The zero-order valence-corrected chi connectivity index (χ0v) is 21.0. The molecule has 1 aromatic rings. The van der Waals surface area contributed by atoms with E-state index in [1.54, 1.807) is 33.8 Å². The van der Waals surface area contributed by atoms with E-state index in [2.05, 4.69) is 5.32 Å². The lowest BCUT2D eigenvalue weighted by Gasteiger charge is -2.25. The summed E-state index contributed by atoms with van der Waals surface area (Å²) in [5.41, 5.74) is 0.593. The van der Waals surface area contributed by atoms with Gasteiger partial charge >= 0.3 is 23.8 Å². The van der Waals surface area contributed by atoms with Crippen LogP contribution < -0.4 is 14.8 Å². The molecule has 1 N–H and O–H groups in total. The topological polar surface area (TPSA) is 109 Å². The highest BCUT2D eigenvalue weighted by Gasteiger charge is 2.60. The van der Waals surface area contributed by atoms with Crippen LogP contribution in [0.15, 0.2) is 18.2 Å². The van der Waals surface area contributed by atoms with Gasteiger partial charge in [0.2, 0.25) is 3.79 Å². The Morgan fingerprint density at radius 2 is 1.55 bits per heavy atom. The standard InChI is InChI=1S/C21H26Cl3NO8/c1-6-14(25-19(28)29-10-20(22,23)24)13-7-8-15-16(9-13)33-21(32-15,17(26)30-11(2)3)18(27)31-12(4)5/h7-9,11-12,14H,6,10H2,1-5H3,(H,25,28). The normalized spacial score (nSPS) is 15.2. The molecule has 0 aromatic heterocycles. The fourth-order valence-electron chi connectivity index (χ4n) is 2.82. The monoisotopic (exact) mass is 525 g/mol. The third-order valence-corrected chi connectivity index (χ3v) is 4.50. The Kier molecular flexibility index (Phi) is 8.95. The van der Waals surface area contributed by atoms with Gasteiger partial charge in [-0.3, -0.25) is 0 Å². The van der Waals surface area contributed by atoms with Crippen molar-refractivity contribution in [2.75, 3.05) is 6.61 Å². The van der Waals surface area contributed by atoms with Gasteiger partial charge in [0.25, 0.3) is 0 Å². The summed E-state index contributed by atoms with van der Waals surface area (Å²) in [5.74, 6) is -4.28. The van der Waals surface area contributed by atoms with Gasteiger partial charge in [0, 0.05) is 0 Å². The van der Waals surface area contributed by atoms with E-state index in [-0.39, 0.29) is 11.5 Å². The van der Waals surface area contributed by atoms with Crippen LogP contribution in [0.5, 0.6) is 11.5 Å². The van der Waals surface area contributed by atoms with E-state index >= 15 is 0 Å². The van der Waals surface area contributed by atoms with Crippen molar-refractivity contribution >= 4 is 52.8 Å². The van der Waals surface area contributed by atoms with Crippen LogP contribution in [-0.4, -0.2) is 46.4 Å². The SMILES string of the molecule is CCC(NC(=O)OCC(Cl)(Cl)Cl)c1ccc2c(c1)OC(C(=O)OC(C)C)(C(=O)OC(C)C)O2. The minimum atomic E-state index is -2.44. The molecule has 0 fully saturated rings. The number of rotatable bonds is 8. The van der Waals surface area contributed by atoms with Crippen molar-refractivity contribution in [2.45, 2.75) is 68.9 Å². The number of amides is 1.